The molecule has 2 N–H and O–H groups in total. The predicted molar refractivity (Wildman–Crippen MR) is 116 cm³/mol. The van der Waals surface area contributed by atoms with Crippen LogP contribution < -0.4 is 16.4 Å². The molecule has 0 atom stereocenters. The van der Waals surface area contributed by atoms with Gasteiger partial charge in [0.2, 0.25) is 0 Å². The Morgan fingerprint density at radius 2 is 1.37 bits per heavy atom. The summed E-state index contributed by atoms with van der Waals surface area (Å²) < 4.78 is 1.46. The summed E-state index contributed by atoms with van der Waals surface area (Å²) in [5, 5.41) is 0. The summed E-state index contributed by atoms with van der Waals surface area (Å²) in [6.07, 6.45) is 1.48. The molecule has 3 rings (SSSR count). The van der Waals surface area contributed by atoms with Crippen LogP contribution in [0.25, 0.3) is 0 Å². The van der Waals surface area contributed by atoms with E-state index in [4.69, 9.17) is 0 Å². The van der Waals surface area contributed by atoms with Crippen LogP contribution in [0.1, 0.15) is 52.6 Å². The van der Waals surface area contributed by atoms with E-state index in [0.29, 0.717) is 12.1 Å². The van der Waals surface area contributed by atoms with Gasteiger partial charge in [0.1, 0.15) is 0 Å². The lowest BCUT2D eigenvalue weighted by molar-refractivity contribution is 0.0846. The Morgan fingerprint density at radius 1 is 0.800 bits per heavy atom. The van der Waals surface area contributed by atoms with Crippen LogP contribution in [0.4, 0.5) is 0 Å². The van der Waals surface area contributed by atoms with E-state index in [1.54, 1.807) is 12.1 Å². The summed E-state index contributed by atoms with van der Waals surface area (Å²) in [5.41, 5.74) is 7.37. The number of pyridine rings is 1. The van der Waals surface area contributed by atoms with E-state index in [1.807, 2.05) is 42.5 Å². The van der Waals surface area contributed by atoms with Crippen molar-refractivity contribution in [1.82, 2.24) is 15.4 Å². The highest BCUT2D eigenvalue weighted by Gasteiger charge is 2.15. The van der Waals surface area contributed by atoms with Crippen LogP contribution in [0.2, 0.25) is 0 Å². The summed E-state index contributed by atoms with van der Waals surface area (Å²) in [6, 6.07) is 19.5. The molecule has 0 saturated heterocycles. The van der Waals surface area contributed by atoms with Gasteiger partial charge in [-0.05, 0) is 34.7 Å². The number of hydrazine groups is 1. The molecule has 154 valence electrons. The summed E-state index contributed by atoms with van der Waals surface area (Å²) in [7, 11) is 0. The Morgan fingerprint density at radius 3 is 1.97 bits per heavy atom. The highest BCUT2D eigenvalue weighted by atomic mass is 16.2. The first kappa shape index (κ1) is 21.0. The van der Waals surface area contributed by atoms with Gasteiger partial charge < -0.3 is 4.57 Å². The molecule has 0 spiro atoms. The van der Waals surface area contributed by atoms with Gasteiger partial charge in [-0.2, -0.15) is 0 Å². The van der Waals surface area contributed by atoms with E-state index >= 15 is 0 Å². The average molecular weight is 403 g/mol. The number of carbonyl (C=O) groups is 2. The van der Waals surface area contributed by atoms with E-state index in [-0.39, 0.29) is 16.5 Å². The standard InChI is InChI=1S/C24H25N3O3/c1-24(2,3)20-12-9-18(10-13-20)22(29)25-26-23(30)19-11-14-21(28)27(16-19)15-17-7-5-4-6-8-17/h4-14,16H,15H2,1-3H3,(H,25,29)(H,26,30). The van der Waals surface area contributed by atoms with Crippen molar-refractivity contribution in [3.63, 3.8) is 0 Å². The first-order valence-corrected chi connectivity index (χ1v) is 9.70. The average Bonchev–Trinajstić information content (AvgIpc) is 2.73. The third-order valence-electron chi connectivity index (χ3n) is 4.74. The minimum Gasteiger partial charge on any atom is -0.310 e. The predicted octanol–water partition coefficient (Wildman–Crippen LogP) is 3.27. The monoisotopic (exact) mass is 403 g/mol. The lowest BCUT2D eigenvalue weighted by Gasteiger charge is -2.19. The quantitative estimate of drug-likeness (QED) is 0.656. The number of carbonyl (C=O) groups excluding carboxylic acids is 2. The fourth-order valence-electron chi connectivity index (χ4n) is 2.95. The van der Waals surface area contributed by atoms with Crippen molar-refractivity contribution in [3.8, 4) is 0 Å². The number of aromatic nitrogens is 1. The summed E-state index contributed by atoms with van der Waals surface area (Å²) >= 11 is 0. The summed E-state index contributed by atoms with van der Waals surface area (Å²) in [4.78, 5) is 36.9. The van der Waals surface area contributed by atoms with Crippen molar-refractivity contribution in [3.05, 3.63) is 106 Å². The molecule has 1 heterocycles. The topological polar surface area (TPSA) is 80.2 Å². The van der Waals surface area contributed by atoms with Crippen molar-refractivity contribution < 1.29 is 9.59 Å². The molecule has 0 unspecified atom stereocenters. The number of amides is 2. The van der Waals surface area contributed by atoms with Gasteiger partial charge in [0, 0.05) is 17.8 Å². The number of nitrogens with zero attached hydrogens (tertiary/aromatic N) is 1. The van der Waals surface area contributed by atoms with Gasteiger partial charge in [0.05, 0.1) is 12.1 Å². The first-order chi connectivity index (χ1) is 14.2. The number of rotatable bonds is 4. The Balaban J connectivity index is 1.65. The van der Waals surface area contributed by atoms with E-state index in [9.17, 15) is 14.4 Å². The molecule has 0 aliphatic heterocycles. The van der Waals surface area contributed by atoms with Gasteiger partial charge in [0.15, 0.2) is 0 Å². The maximum Gasteiger partial charge on any atom is 0.271 e. The zero-order valence-electron chi connectivity index (χ0n) is 17.3. The molecular formula is C24H25N3O3. The van der Waals surface area contributed by atoms with Crippen LogP contribution in [0, 0.1) is 0 Å². The fraction of sp³-hybridized carbons (Fsp3) is 0.208. The third kappa shape index (κ3) is 5.23. The Bertz CT molecular complexity index is 1100. The molecule has 2 amide bonds. The molecule has 0 fully saturated rings. The molecule has 6 nitrogen and oxygen atoms in total. The van der Waals surface area contributed by atoms with Crippen molar-refractivity contribution >= 4 is 11.8 Å². The number of hydrogen-bond donors (Lipinski definition) is 2. The maximum atomic E-state index is 12.4. The zero-order chi connectivity index (χ0) is 21.7. The summed E-state index contributed by atoms with van der Waals surface area (Å²) in [6.45, 7) is 6.64. The lowest BCUT2D eigenvalue weighted by atomic mass is 9.87. The van der Waals surface area contributed by atoms with Crippen LogP contribution in [-0.2, 0) is 12.0 Å². The first-order valence-electron chi connectivity index (χ1n) is 9.70. The largest absolute Gasteiger partial charge is 0.310 e. The fourth-order valence-corrected chi connectivity index (χ4v) is 2.95. The Labute approximate surface area is 175 Å². The second-order valence-corrected chi connectivity index (χ2v) is 8.11. The van der Waals surface area contributed by atoms with Gasteiger partial charge in [-0.15, -0.1) is 0 Å². The molecule has 6 heteroatoms. The van der Waals surface area contributed by atoms with E-state index in [0.717, 1.165) is 11.1 Å². The van der Waals surface area contributed by atoms with Gasteiger partial charge in [-0.3, -0.25) is 25.2 Å². The smallest absolute Gasteiger partial charge is 0.271 e. The molecule has 0 aliphatic rings. The van der Waals surface area contributed by atoms with Crippen molar-refractivity contribution in [2.24, 2.45) is 0 Å². The molecule has 2 aromatic carbocycles. The molecule has 3 aromatic rings. The normalized spacial score (nSPS) is 11.0. The molecule has 1 aromatic heterocycles. The van der Waals surface area contributed by atoms with Crippen LogP contribution in [0.5, 0.6) is 0 Å². The van der Waals surface area contributed by atoms with Crippen molar-refractivity contribution in [1.29, 1.82) is 0 Å². The molecule has 0 saturated carbocycles. The van der Waals surface area contributed by atoms with E-state index < -0.39 is 11.8 Å². The minimum absolute atomic E-state index is 0.00787. The number of benzene rings is 2. The van der Waals surface area contributed by atoms with Gasteiger partial charge in [-0.25, -0.2) is 0 Å². The highest BCUT2D eigenvalue weighted by molar-refractivity contribution is 5.98. The molecule has 30 heavy (non-hydrogen) atoms. The minimum atomic E-state index is -0.503. The molecule has 0 aliphatic carbocycles. The van der Waals surface area contributed by atoms with Crippen LogP contribution in [-0.4, -0.2) is 16.4 Å². The van der Waals surface area contributed by atoms with Crippen LogP contribution in [0.15, 0.2) is 77.7 Å². The van der Waals surface area contributed by atoms with Crippen LogP contribution >= 0.6 is 0 Å². The lowest BCUT2D eigenvalue weighted by Crippen LogP contribution is -2.42. The Hall–Kier alpha value is -3.67. The number of hydrogen-bond acceptors (Lipinski definition) is 3. The summed E-state index contributed by atoms with van der Waals surface area (Å²) in [5.74, 6) is -0.919. The molecular weight excluding hydrogens is 378 g/mol. The van der Waals surface area contributed by atoms with Gasteiger partial charge in [-0.1, -0.05) is 63.2 Å². The second kappa shape index (κ2) is 8.78. The van der Waals surface area contributed by atoms with Gasteiger partial charge in [0.25, 0.3) is 17.4 Å². The van der Waals surface area contributed by atoms with E-state index in [2.05, 4.69) is 31.6 Å². The Kier molecular flexibility index (Phi) is 6.16. The van der Waals surface area contributed by atoms with E-state index in [1.165, 1.54) is 22.9 Å². The SMILES string of the molecule is CC(C)(C)c1ccc(C(=O)NNC(=O)c2ccc(=O)n(Cc3ccccc3)c2)cc1. The highest BCUT2D eigenvalue weighted by Crippen LogP contribution is 2.22. The second-order valence-electron chi connectivity index (χ2n) is 8.11. The van der Waals surface area contributed by atoms with Crippen molar-refractivity contribution in [2.45, 2.75) is 32.7 Å². The molecule has 0 radical (unpaired) electrons. The number of nitrogens with one attached hydrogen (secondary N) is 2. The van der Waals surface area contributed by atoms with Crippen LogP contribution in [0.3, 0.4) is 0 Å². The van der Waals surface area contributed by atoms with Gasteiger partial charge >= 0.3 is 0 Å². The zero-order valence-corrected chi connectivity index (χ0v) is 17.3. The van der Waals surface area contributed by atoms with Crippen molar-refractivity contribution in [2.75, 3.05) is 0 Å². The maximum absolute atomic E-state index is 12.4. The third-order valence-corrected chi connectivity index (χ3v) is 4.74. The molecule has 0 bridgehead atoms.